The van der Waals surface area contributed by atoms with Gasteiger partial charge in [-0.15, -0.1) is 0 Å². The first-order valence-electron chi connectivity index (χ1n) is 3.86. The minimum absolute atomic E-state index is 0.164. The zero-order valence-corrected chi connectivity index (χ0v) is 7.67. The number of nitro groups is 2. The fourth-order valence-corrected chi connectivity index (χ4v) is 1.16. The van der Waals surface area contributed by atoms with E-state index < -0.39 is 15.5 Å². The van der Waals surface area contributed by atoms with Crippen LogP contribution >= 0.6 is 0 Å². The lowest BCUT2D eigenvalue weighted by atomic mass is 10.1. The van der Waals surface area contributed by atoms with E-state index in [1.54, 1.807) is 0 Å². The van der Waals surface area contributed by atoms with Gasteiger partial charge in [-0.1, -0.05) is 0 Å². The summed E-state index contributed by atoms with van der Waals surface area (Å²) in [6.45, 7) is 1.41. The monoisotopic (exact) mass is 210 g/mol. The van der Waals surface area contributed by atoms with E-state index in [4.69, 9.17) is 0 Å². The van der Waals surface area contributed by atoms with Crippen LogP contribution in [0.1, 0.15) is 15.9 Å². The Balaban J connectivity index is 3.50. The van der Waals surface area contributed by atoms with Crippen molar-refractivity contribution in [1.82, 2.24) is 0 Å². The third kappa shape index (κ3) is 1.96. The van der Waals surface area contributed by atoms with E-state index in [0.29, 0.717) is 6.29 Å². The van der Waals surface area contributed by atoms with Gasteiger partial charge in [0.2, 0.25) is 0 Å². The second kappa shape index (κ2) is 3.82. The van der Waals surface area contributed by atoms with E-state index in [9.17, 15) is 25.0 Å². The average Bonchev–Trinajstić information content (AvgIpc) is 2.16. The third-order valence-electron chi connectivity index (χ3n) is 1.87. The molecule has 0 aliphatic heterocycles. The standard InChI is InChI=1S/C8H6N2O5/c1-5-2-6(4-11)8(10(14)15)3-7(5)9(12)13/h2-4H,1H3. The minimum atomic E-state index is -0.823. The quantitative estimate of drug-likeness (QED) is 0.428. The van der Waals surface area contributed by atoms with Crippen molar-refractivity contribution >= 4 is 17.7 Å². The molecule has 7 heteroatoms. The van der Waals surface area contributed by atoms with Crippen LogP contribution in [0.2, 0.25) is 0 Å². The first kappa shape index (κ1) is 10.8. The molecule has 0 fully saturated rings. The molecule has 1 rings (SSSR count). The van der Waals surface area contributed by atoms with Gasteiger partial charge in [-0.25, -0.2) is 0 Å². The molecule has 1 aromatic carbocycles. The van der Waals surface area contributed by atoms with Crippen LogP contribution < -0.4 is 0 Å². The highest BCUT2D eigenvalue weighted by atomic mass is 16.6. The summed E-state index contributed by atoms with van der Waals surface area (Å²) in [6.07, 6.45) is 0.300. The second-order valence-electron chi connectivity index (χ2n) is 2.83. The number of hydrogen-bond donors (Lipinski definition) is 0. The van der Waals surface area contributed by atoms with Gasteiger partial charge in [-0.2, -0.15) is 0 Å². The van der Waals surface area contributed by atoms with Gasteiger partial charge in [0.1, 0.15) is 0 Å². The van der Waals surface area contributed by atoms with Gasteiger partial charge in [-0.05, 0) is 13.0 Å². The van der Waals surface area contributed by atoms with Crippen LogP contribution in [0.5, 0.6) is 0 Å². The molecule has 0 aliphatic rings. The van der Waals surface area contributed by atoms with Gasteiger partial charge in [0, 0.05) is 5.56 Å². The van der Waals surface area contributed by atoms with Gasteiger partial charge in [0.05, 0.1) is 21.5 Å². The van der Waals surface area contributed by atoms with E-state index >= 15 is 0 Å². The Morgan fingerprint density at radius 2 is 1.67 bits per heavy atom. The fraction of sp³-hybridized carbons (Fsp3) is 0.125. The predicted molar refractivity (Wildman–Crippen MR) is 49.9 cm³/mol. The summed E-state index contributed by atoms with van der Waals surface area (Å²) in [7, 11) is 0. The van der Waals surface area contributed by atoms with Crippen molar-refractivity contribution in [3.8, 4) is 0 Å². The largest absolute Gasteiger partial charge is 0.298 e. The lowest BCUT2D eigenvalue weighted by Crippen LogP contribution is -1.99. The molecule has 0 heterocycles. The zero-order chi connectivity index (χ0) is 11.6. The molecule has 0 spiro atoms. The number of aldehydes is 1. The van der Waals surface area contributed by atoms with Crippen molar-refractivity contribution in [3.63, 3.8) is 0 Å². The van der Waals surface area contributed by atoms with E-state index in [1.165, 1.54) is 6.92 Å². The molecule has 0 bridgehead atoms. The number of aryl methyl sites for hydroxylation is 1. The van der Waals surface area contributed by atoms with Crippen LogP contribution in [0.25, 0.3) is 0 Å². The average molecular weight is 210 g/mol. The van der Waals surface area contributed by atoms with Crippen molar-refractivity contribution in [1.29, 1.82) is 0 Å². The van der Waals surface area contributed by atoms with Crippen LogP contribution in [0.15, 0.2) is 12.1 Å². The topological polar surface area (TPSA) is 103 Å². The summed E-state index contributed by atoms with van der Waals surface area (Å²) in [5.74, 6) is 0. The maximum Gasteiger partial charge on any atom is 0.286 e. The van der Waals surface area contributed by atoms with Gasteiger partial charge in [0.15, 0.2) is 6.29 Å². The summed E-state index contributed by atoms with van der Waals surface area (Å²) < 4.78 is 0. The zero-order valence-electron chi connectivity index (χ0n) is 7.67. The number of rotatable bonds is 3. The van der Waals surface area contributed by atoms with Crippen molar-refractivity contribution < 1.29 is 14.6 Å². The van der Waals surface area contributed by atoms with Crippen LogP contribution in [0, 0.1) is 27.2 Å². The summed E-state index contributed by atoms with van der Waals surface area (Å²) in [6, 6.07) is 1.92. The molecular weight excluding hydrogens is 204 g/mol. The minimum Gasteiger partial charge on any atom is -0.298 e. The Morgan fingerprint density at radius 1 is 1.13 bits per heavy atom. The van der Waals surface area contributed by atoms with E-state index in [0.717, 1.165) is 12.1 Å². The van der Waals surface area contributed by atoms with E-state index in [-0.39, 0.29) is 16.8 Å². The summed E-state index contributed by atoms with van der Waals surface area (Å²) >= 11 is 0. The maximum atomic E-state index is 10.5. The normalized spacial score (nSPS) is 9.67. The molecule has 0 saturated carbocycles. The van der Waals surface area contributed by atoms with Crippen LogP contribution in [0.4, 0.5) is 11.4 Å². The molecule has 0 radical (unpaired) electrons. The van der Waals surface area contributed by atoms with Crippen molar-refractivity contribution in [3.05, 3.63) is 43.5 Å². The van der Waals surface area contributed by atoms with Crippen LogP contribution in [0.3, 0.4) is 0 Å². The van der Waals surface area contributed by atoms with Crippen LogP contribution in [-0.4, -0.2) is 16.1 Å². The highest BCUT2D eigenvalue weighted by Gasteiger charge is 2.21. The predicted octanol–water partition coefficient (Wildman–Crippen LogP) is 1.62. The molecule has 0 aromatic heterocycles. The van der Waals surface area contributed by atoms with Gasteiger partial charge in [0.25, 0.3) is 11.4 Å². The molecule has 78 valence electrons. The number of carbonyl (C=O) groups excluding carboxylic acids is 1. The highest BCUT2D eigenvalue weighted by molar-refractivity contribution is 5.83. The summed E-state index contributed by atoms with van der Waals surface area (Å²) in [4.78, 5) is 29.9. The molecular formula is C8H6N2O5. The summed E-state index contributed by atoms with van der Waals surface area (Å²) in [5.41, 5.74) is -0.870. The first-order valence-corrected chi connectivity index (χ1v) is 3.86. The fourth-order valence-electron chi connectivity index (χ4n) is 1.16. The number of nitro benzene ring substituents is 2. The maximum absolute atomic E-state index is 10.5. The lowest BCUT2D eigenvalue weighted by molar-refractivity contribution is -0.394. The number of hydrogen-bond acceptors (Lipinski definition) is 5. The Bertz CT molecular complexity index is 455. The first-order chi connectivity index (χ1) is 6.97. The second-order valence-corrected chi connectivity index (χ2v) is 2.83. The molecule has 0 N–H and O–H groups in total. The molecule has 7 nitrogen and oxygen atoms in total. The van der Waals surface area contributed by atoms with E-state index in [2.05, 4.69) is 0 Å². The molecule has 0 aliphatic carbocycles. The van der Waals surface area contributed by atoms with Crippen molar-refractivity contribution in [2.24, 2.45) is 0 Å². The SMILES string of the molecule is Cc1cc(C=O)c([N+](=O)[O-])cc1[N+](=O)[O-]. The Kier molecular flexibility index (Phi) is 2.75. The lowest BCUT2D eigenvalue weighted by Gasteiger charge is -1.99. The smallest absolute Gasteiger partial charge is 0.286 e. The number of nitrogens with zero attached hydrogens (tertiary/aromatic N) is 2. The Morgan fingerprint density at radius 3 is 2.07 bits per heavy atom. The molecule has 0 unspecified atom stereocenters. The molecule has 15 heavy (non-hydrogen) atoms. The van der Waals surface area contributed by atoms with Crippen molar-refractivity contribution in [2.45, 2.75) is 6.92 Å². The molecule has 0 amide bonds. The van der Waals surface area contributed by atoms with Gasteiger partial charge in [-0.3, -0.25) is 25.0 Å². The van der Waals surface area contributed by atoms with E-state index in [1.807, 2.05) is 0 Å². The van der Waals surface area contributed by atoms with Gasteiger partial charge >= 0.3 is 0 Å². The van der Waals surface area contributed by atoms with Crippen LogP contribution in [-0.2, 0) is 0 Å². The molecule has 0 saturated heterocycles. The van der Waals surface area contributed by atoms with Gasteiger partial charge < -0.3 is 0 Å². The third-order valence-corrected chi connectivity index (χ3v) is 1.87. The Hall–Kier alpha value is -2.31. The highest BCUT2D eigenvalue weighted by Crippen LogP contribution is 2.27. The molecule has 0 atom stereocenters. The molecule has 1 aromatic rings. The van der Waals surface area contributed by atoms with Crippen molar-refractivity contribution in [2.75, 3.05) is 0 Å². The number of carbonyl (C=O) groups is 1. The summed E-state index contributed by atoms with van der Waals surface area (Å²) in [5, 5.41) is 21.0. The Labute approximate surface area is 83.6 Å². The number of benzene rings is 1.